The molecule has 3 rings (SSSR count). The molecular formula is C14H18BNO3. The van der Waals surface area contributed by atoms with Crippen molar-refractivity contribution in [1.82, 2.24) is 4.98 Å². The van der Waals surface area contributed by atoms with E-state index in [0.717, 1.165) is 23.0 Å². The van der Waals surface area contributed by atoms with Gasteiger partial charge in [0, 0.05) is 0 Å². The van der Waals surface area contributed by atoms with Gasteiger partial charge in [-0.15, -0.1) is 0 Å². The van der Waals surface area contributed by atoms with Crippen molar-refractivity contribution < 1.29 is 13.7 Å². The van der Waals surface area contributed by atoms with Crippen LogP contribution in [0.3, 0.4) is 0 Å². The molecule has 0 aliphatic carbocycles. The highest BCUT2D eigenvalue weighted by atomic mass is 16.7. The minimum absolute atomic E-state index is 0.284. The standard InChI is InChI=1S/C14H18BNO3/c1-5-14(4)13(2,3)18-15(19-14)10-6-7-11-12(8-10)17-9-16-11/h6-9H,5H2,1-4H3. The third-order valence-electron chi connectivity index (χ3n) is 4.34. The normalized spacial score (nSPS) is 26.2. The van der Waals surface area contributed by atoms with Crippen LogP contribution in [0.2, 0.25) is 0 Å². The van der Waals surface area contributed by atoms with Crippen molar-refractivity contribution in [3.05, 3.63) is 24.6 Å². The highest BCUT2D eigenvalue weighted by molar-refractivity contribution is 6.62. The average molecular weight is 259 g/mol. The Hall–Kier alpha value is -1.33. The molecule has 0 bridgehead atoms. The average Bonchev–Trinajstić information content (AvgIpc) is 2.92. The van der Waals surface area contributed by atoms with E-state index in [1.54, 1.807) is 0 Å². The van der Waals surface area contributed by atoms with Gasteiger partial charge in [-0.2, -0.15) is 0 Å². The molecule has 0 spiro atoms. The van der Waals surface area contributed by atoms with Crippen LogP contribution in [0, 0.1) is 0 Å². The number of hydrogen-bond donors (Lipinski definition) is 0. The number of fused-ring (bicyclic) bond motifs is 1. The van der Waals surface area contributed by atoms with Gasteiger partial charge in [-0.1, -0.05) is 13.0 Å². The van der Waals surface area contributed by atoms with Gasteiger partial charge >= 0.3 is 7.12 Å². The molecule has 1 aromatic heterocycles. The van der Waals surface area contributed by atoms with Crippen molar-refractivity contribution in [2.24, 2.45) is 0 Å². The van der Waals surface area contributed by atoms with E-state index in [0.29, 0.717) is 0 Å². The monoisotopic (exact) mass is 259 g/mol. The summed E-state index contributed by atoms with van der Waals surface area (Å²) in [6.07, 6.45) is 2.35. The molecule has 1 unspecified atom stereocenters. The molecule has 1 aliphatic rings. The van der Waals surface area contributed by atoms with E-state index < -0.39 is 0 Å². The maximum absolute atomic E-state index is 6.14. The fourth-order valence-corrected chi connectivity index (χ4v) is 2.46. The quantitative estimate of drug-likeness (QED) is 0.777. The summed E-state index contributed by atoms with van der Waals surface area (Å²) in [5.41, 5.74) is 1.97. The van der Waals surface area contributed by atoms with Crippen LogP contribution in [0.15, 0.2) is 29.0 Å². The molecule has 0 radical (unpaired) electrons. The van der Waals surface area contributed by atoms with E-state index in [1.165, 1.54) is 6.39 Å². The second-order valence-electron chi connectivity index (χ2n) is 5.74. The van der Waals surface area contributed by atoms with Crippen LogP contribution in [-0.2, 0) is 9.31 Å². The molecule has 1 aromatic carbocycles. The summed E-state index contributed by atoms with van der Waals surface area (Å²) in [6, 6.07) is 5.84. The number of rotatable bonds is 2. The summed E-state index contributed by atoms with van der Waals surface area (Å²) in [6.45, 7) is 8.36. The molecule has 1 saturated heterocycles. The van der Waals surface area contributed by atoms with Crippen molar-refractivity contribution in [1.29, 1.82) is 0 Å². The topological polar surface area (TPSA) is 44.5 Å². The maximum atomic E-state index is 6.14. The Labute approximate surface area is 113 Å². The van der Waals surface area contributed by atoms with Crippen LogP contribution in [-0.4, -0.2) is 23.3 Å². The molecule has 4 nitrogen and oxygen atoms in total. The Kier molecular flexibility index (Phi) is 2.73. The molecule has 0 amide bonds. The molecule has 100 valence electrons. The van der Waals surface area contributed by atoms with Crippen LogP contribution in [0.4, 0.5) is 0 Å². The lowest BCUT2D eigenvalue weighted by atomic mass is 9.79. The van der Waals surface area contributed by atoms with Gasteiger partial charge in [-0.25, -0.2) is 4.98 Å². The minimum Gasteiger partial charge on any atom is -0.443 e. The maximum Gasteiger partial charge on any atom is 0.494 e. The number of benzene rings is 1. The van der Waals surface area contributed by atoms with E-state index in [2.05, 4.69) is 32.7 Å². The molecule has 1 atom stereocenters. The Morgan fingerprint density at radius 1 is 1.21 bits per heavy atom. The third-order valence-corrected chi connectivity index (χ3v) is 4.34. The zero-order valence-electron chi connectivity index (χ0n) is 11.8. The number of hydrogen-bond acceptors (Lipinski definition) is 4. The summed E-state index contributed by atoms with van der Waals surface area (Å²) in [5.74, 6) is 0. The largest absolute Gasteiger partial charge is 0.494 e. The van der Waals surface area contributed by atoms with Gasteiger partial charge in [0.05, 0.1) is 11.2 Å². The molecule has 2 aromatic rings. The first kappa shape index (κ1) is 12.7. The highest BCUT2D eigenvalue weighted by Crippen LogP contribution is 2.39. The van der Waals surface area contributed by atoms with E-state index in [1.807, 2.05) is 18.2 Å². The van der Waals surface area contributed by atoms with Gasteiger partial charge in [-0.05, 0) is 44.8 Å². The third kappa shape index (κ3) is 1.88. The van der Waals surface area contributed by atoms with E-state index in [4.69, 9.17) is 13.7 Å². The first-order valence-electron chi connectivity index (χ1n) is 6.64. The van der Waals surface area contributed by atoms with Crippen molar-refractivity contribution in [3.63, 3.8) is 0 Å². The predicted octanol–water partition coefficient (Wildman–Crippen LogP) is 2.52. The van der Waals surface area contributed by atoms with Gasteiger partial charge < -0.3 is 13.7 Å². The van der Waals surface area contributed by atoms with Gasteiger partial charge in [0.1, 0.15) is 5.52 Å². The van der Waals surface area contributed by atoms with E-state index >= 15 is 0 Å². The fourth-order valence-electron chi connectivity index (χ4n) is 2.46. The van der Waals surface area contributed by atoms with Crippen LogP contribution >= 0.6 is 0 Å². The summed E-state index contributed by atoms with van der Waals surface area (Å²) in [4.78, 5) is 4.11. The van der Waals surface area contributed by atoms with Crippen molar-refractivity contribution in [2.75, 3.05) is 0 Å². The van der Waals surface area contributed by atoms with Gasteiger partial charge in [-0.3, -0.25) is 0 Å². The second-order valence-corrected chi connectivity index (χ2v) is 5.74. The molecule has 5 heteroatoms. The van der Waals surface area contributed by atoms with Crippen LogP contribution in [0.1, 0.15) is 34.1 Å². The lowest BCUT2D eigenvalue weighted by molar-refractivity contribution is -0.0118. The molecule has 2 heterocycles. The number of nitrogens with zero attached hydrogens (tertiary/aromatic N) is 1. The number of aromatic nitrogens is 1. The first-order valence-corrected chi connectivity index (χ1v) is 6.64. The Morgan fingerprint density at radius 3 is 2.68 bits per heavy atom. The Morgan fingerprint density at radius 2 is 2.00 bits per heavy atom. The SMILES string of the molecule is CCC1(C)OB(c2ccc3ncoc3c2)OC1(C)C. The minimum atomic E-state index is -0.352. The Bertz CT molecular complexity index is 610. The predicted molar refractivity (Wildman–Crippen MR) is 74.3 cm³/mol. The lowest BCUT2D eigenvalue weighted by Gasteiger charge is -2.35. The van der Waals surface area contributed by atoms with Gasteiger partial charge in [0.2, 0.25) is 0 Å². The molecule has 1 aliphatic heterocycles. The molecule has 0 saturated carbocycles. The number of oxazole rings is 1. The smallest absolute Gasteiger partial charge is 0.443 e. The van der Waals surface area contributed by atoms with Crippen molar-refractivity contribution >= 4 is 23.7 Å². The molecule has 19 heavy (non-hydrogen) atoms. The highest BCUT2D eigenvalue weighted by Gasteiger charge is 2.53. The Balaban J connectivity index is 1.95. The van der Waals surface area contributed by atoms with Crippen LogP contribution in [0.25, 0.3) is 11.1 Å². The lowest BCUT2D eigenvalue weighted by Crippen LogP contribution is -2.44. The molecule has 1 fully saturated rings. The zero-order chi connectivity index (χ0) is 13.7. The van der Waals surface area contributed by atoms with Gasteiger partial charge in [0.25, 0.3) is 0 Å². The van der Waals surface area contributed by atoms with E-state index in [-0.39, 0.29) is 18.3 Å². The summed E-state index contributed by atoms with van der Waals surface area (Å²) < 4.78 is 17.5. The summed E-state index contributed by atoms with van der Waals surface area (Å²) in [7, 11) is -0.352. The molecule has 0 N–H and O–H groups in total. The van der Waals surface area contributed by atoms with Crippen LogP contribution < -0.4 is 5.46 Å². The first-order chi connectivity index (χ1) is 8.95. The van der Waals surface area contributed by atoms with Gasteiger partial charge in [0.15, 0.2) is 12.0 Å². The zero-order valence-corrected chi connectivity index (χ0v) is 11.8. The van der Waals surface area contributed by atoms with E-state index in [9.17, 15) is 0 Å². The summed E-state index contributed by atoms with van der Waals surface area (Å²) in [5, 5.41) is 0. The van der Waals surface area contributed by atoms with Crippen molar-refractivity contribution in [2.45, 2.75) is 45.3 Å². The fraction of sp³-hybridized carbons (Fsp3) is 0.500. The molecular weight excluding hydrogens is 241 g/mol. The van der Waals surface area contributed by atoms with Crippen LogP contribution in [0.5, 0.6) is 0 Å². The second kappa shape index (κ2) is 4.08. The van der Waals surface area contributed by atoms with Crippen molar-refractivity contribution in [3.8, 4) is 0 Å². The summed E-state index contributed by atoms with van der Waals surface area (Å²) >= 11 is 0.